The van der Waals surface area contributed by atoms with Crippen LogP contribution in [-0.2, 0) is 0 Å². The Hall–Kier alpha value is -1.02. The first kappa shape index (κ1) is 8.57. The molecule has 0 radical (unpaired) electrons. The van der Waals surface area contributed by atoms with Crippen molar-refractivity contribution in [2.45, 2.75) is 19.9 Å². The van der Waals surface area contributed by atoms with Crippen molar-refractivity contribution in [3.05, 3.63) is 29.3 Å². The molecule has 1 heterocycles. The molecule has 2 nitrogen and oxygen atoms in total. The molecule has 13 heavy (non-hydrogen) atoms. The van der Waals surface area contributed by atoms with E-state index in [2.05, 4.69) is 36.9 Å². The number of rotatable bonds is 1. The van der Waals surface area contributed by atoms with E-state index < -0.39 is 0 Å². The van der Waals surface area contributed by atoms with Crippen molar-refractivity contribution in [1.82, 2.24) is 0 Å². The van der Waals surface area contributed by atoms with Gasteiger partial charge in [-0.1, -0.05) is 12.1 Å². The first-order valence-corrected chi connectivity index (χ1v) is 4.75. The number of nitrogens with two attached hydrogens (primary N) is 1. The zero-order valence-electron chi connectivity index (χ0n) is 8.25. The molecule has 2 heteroatoms. The maximum Gasteiger partial charge on any atom is 0.0399 e. The van der Waals surface area contributed by atoms with Gasteiger partial charge in [-0.2, -0.15) is 0 Å². The van der Waals surface area contributed by atoms with E-state index in [1.165, 1.54) is 16.8 Å². The first-order chi connectivity index (χ1) is 6.18. The number of nitrogens with zero attached hydrogens (tertiary/aromatic N) is 1. The fourth-order valence-corrected chi connectivity index (χ4v) is 1.79. The SMILES string of the molecule is Cc1cccc(N2CC(N)C2)c1C. The maximum atomic E-state index is 5.75. The van der Waals surface area contributed by atoms with Gasteiger partial charge in [-0.3, -0.25) is 0 Å². The van der Waals surface area contributed by atoms with Gasteiger partial charge in [-0.15, -0.1) is 0 Å². The van der Waals surface area contributed by atoms with Gasteiger partial charge in [0.2, 0.25) is 0 Å². The molecule has 0 bridgehead atoms. The molecule has 0 aliphatic carbocycles. The Bertz CT molecular complexity index is 314. The monoisotopic (exact) mass is 176 g/mol. The Morgan fingerprint density at radius 3 is 2.62 bits per heavy atom. The molecular formula is C11H16N2. The first-order valence-electron chi connectivity index (χ1n) is 4.75. The molecule has 0 saturated carbocycles. The quantitative estimate of drug-likeness (QED) is 0.701. The molecule has 2 rings (SSSR count). The van der Waals surface area contributed by atoms with Crippen LogP contribution in [0.4, 0.5) is 5.69 Å². The zero-order valence-corrected chi connectivity index (χ0v) is 8.25. The predicted octanol–water partition coefficient (Wildman–Crippen LogP) is 1.45. The van der Waals surface area contributed by atoms with E-state index in [1.807, 2.05) is 0 Å². The van der Waals surface area contributed by atoms with Crippen LogP contribution in [0, 0.1) is 13.8 Å². The van der Waals surface area contributed by atoms with Crippen LogP contribution in [0.2, 0.25) is 0 Å². The summed E-state index contributed by atoms with van der Waals surface area (Å²) in [5, 5.41) is 0. The summed E-state index contributed by atoms with van der Waals surface area (Å²) >= 11 is 0. The Balaban J connectivity index is 2.26. The number of anilines is 1. The van der Waals surface area contributed by atoms with Crippen LogP contribution in [0.25, 0.3) is 0 Å². The van der Waals surface area contributed by atoms with Crippen LogP contribution in [0.3, 0.4) is 0 Å². The van der Waals surface area contributed by atoms with Crippen LogP contribution < -0.4 is 10.6 Å². The van der Waals surface area contributed by atoms with Gasteiger partial charge in [0.05, 0.1) is 0 Å². The lowest BCUT2D eigenvalue weighted by Crippen LogP contribution is -2.56. The highest BCUT2D eigenvalue weighted by Crippen LogP contribution is 2.25. The third-order valence-corrected chi connectivity index (χ3v) is 2.83. The highest BCUT2D eigenvalue weighted by Gasteiger charge is 2.24. The minimum absolute atomic E-state index is 0.375. The second-order valence-electron chi connectivity index (χ2n) is 3.88. The van der Waals surface area contributed by atoms with Gasteiger partial charge in [0.15, 0.2) is 0 Å². The van der Waals surface area contributed by atoms with Crippen molar-refractivity contribution in [1.29, 1.82) is 0 Å². The van der Waals surface area contributed by atoms with E-state index >= 15 is 0 Å². The molecule has 1 fully saturated rings. The van der Waals surface area contributed by atoms with Crippen LogP contribution in [-0.4, -0.2) is 19.1 Å². The fourth-order valence-electron chi connectivity index (χ4n) is 1.79. The molecule has 1 saturated heterocycles. The van der Waals surface area contributed by atoms with Gasteiger partial charge >= 0.3 is 0 Å². The summed E-state index contributed by atoms with van der Waals surface area (Å²) in [6.07, 6.45) is 0. The normalized spacial score (nSPS) is 17.3. The van der Waals surface area contributed by atoms with Gasteiger partial charge in [-0.25, -0.2) is 0 Å². The third-order valence-electron chi connectivity index (χ3n) is 2.83. The van der Waals surface area contributed by atoms with Gasteiger partial charge in [0, 0.05) is 24.8 Å². The lowest BCUT2D eigenvalue weighted by Gasteiger charge is -2.40. The lowest BCUT2D eigenvalue weighted by atomic mass is 10.0. The van der Waals surface area contributed by atoms with Crippen LogP contribution >= 0.6 is 0 Å². The Kier molecular flexibility index (Phi) is 2.00. The molecular weight excluding hydrogens is 160 g/mol. The van der Waals surface area contributed by atoms with Crippen molar-refractivity contribution in [3.63, 3.8) is 0 Å². The molecule has 0 spiro atoms. The number of hydrogen-bond donors (Lipinski definition) is 1. The largest absolute Gasteiger partial charge is 0.368 e. The van der Waals surface area contributed by atoms with Crippen molar-refractivity contribution < 1.29 is 0 Å². The van der Waals surface area contributed by atoms with Gasteiger partial charge in [0.25, 0.3) is 0 Å². The summed E-state index contributed by atoms with van der Waals surface area (Å²) in [7, 11) is 0. The summed E-state index contributed by atoms with van der Waals surface area (Å²) in [6, 6.07) is 6.81. The third kappa shape index (κ3) is 1.42. The average molecular weight is 176 g/mol. The Morgan fingerprint density at radius 2 is 2.00 bits per heavy atom. The van der Waals surface area contributed by atoms with Crippen LogP contribution in [0.5, 0.6) is 0 Å². The van der Waals surface area contributed by atoms with Crippen molar-refractivity contribution >= 4 is 5.69 Å². The standard InChI is InChI=1S/C11H16N2/c1-8-4-3-5-11(9(8)2)13-6-10(12)7-13/h3-5,10H,6-7,12H2,1-2H3. The Labute approximate surface area is 79.4 Å². The van der Waals surface area contributed by atoms with Crippen molar-refractivity contribution in [2.75, 3.05) is 18.0 Å². The minimum Gasteiger partial charge on any atom is -0.368 e. The summed E-state index contributed by atoms with van der Waals surface area (Å²) in [5.74, 6) is 0. The zero-order chi connectivity index (χ0) is 9.42. The van der Waals surface area contributed by atoms with Crippen LogP contribution in [0.15, 0.2) is 18.2 Å². The highest BCUT2D eigenvalue weighted by molar-refractivity contribution is 5.57. The number of hydrogen-bond acceptors (Lipinski definition) is 2. The van der Waals surface area contributed by atoms with Crippen molar-refractivity contribution in [3.8, 4) is 0 Å². The van der Waals surface area contributed by atoms with Crippen LogP contribution in [0.1, 0.15) is 11.1 Å². The molecule has 2 N–H and O–H groups in total. The molecule has 1 aromatic carbocycles. The minimum atomic E-state index is 0.375. The molecule has 0 aromatic heterocycles. The molecule has 1 aliphatic heterocycles. The molecule has 0 amide bonds. The topological polar surface area (TPSA) is 29.3 Å². The molecule has 70 valence electrons. The second-order valence-corrected chi connectivity index (χ2v) is 3.88. The van der Waals surface area contributed by atoms with E-state index in [9.17, 15) is 0 Å². The van der Waals surface area contributed by atoms with E-state index in [4.69, 9.17) is 5.73 Å². The molecule has 0 atom stereocenters. The van der Waals surface area contributed by atoms with Gasteiger partial charge in [-0.05, 0) is 31.0 Å². The molecule has 1 aromatic rings. The molecule has 0 unspecified atom stereocenters. The fraction of sp³-hybridized carbons (Fsp3) is 0.455. The Morgan fingerprint density at radius 1 is 1.31 bits per heavy atom. The predicted molar refractivity (Wildman–Crippen MR) is 56.1 cm³/mol. The van der Waals surface area contributed by atoms with E-state index in [0.717, 1.165) is 13.1 Å². The van der Waals surface area contributed by atoms with Crippen molar-refractivity contribution in [2.24, 2.45) is 5.73 Å². The number of aryl methyl sites for hydroxylation is 1. The summed E-state index contributed by atoms with van der Waals surface area (Å²) < 4.78 is 0. The van der Waals surface area contributed by atoms with E-state index in [-0.39, 0.29) is 0 Å². The van der Waals surface area contributed by atoms with Gasteiger partial charge in [0.1, 0.15) is 0 Å². The van der Waals surface area contributed by atoms with E-state index in [0.29, 0.717) is 6.04 Å². The smallest absolute Gasteiger partial charge is 0.0399 e. The summed E-state index contributed by atoms with van der Waals surface area (Å²) in [4.78, 5) is 2.34. The summed E-state index contributed by atoms with van der Waals surface area (Å²) in [6.45, 7) is 6.33. The maximum absolute atomic E-state index is 5.75. The molecule has 1 aliphatic rings. The summed E-state index contributed by atoms with van der Waals surface area (Å²) in [5.41, 5.74) is 9.84. The van der Waals surface area contributed by atoms with Gasteiger partial charge < -0.3 is 10.6 Å². The second kappa shape index (κ2) is 3.04. The van der Waals surface area contributed by atoms with E-state index in [1.54, 1.807) is 0 Å². The lowest BCUT2D eigenvalue weighted by molar-refractivity contribution is 0.518. The average Bonchev–Trinajstić information content (AvgIpc) is 2.05. The number of benzene rings is 1. The highest BCUT2D eigenvalue weighted by atomic mass is 15.2.